The lowest BCUT2D eigenvalue weighted by Crippen LogP contribution is -2.07. The number of halogens is 1. The van der Waals surface area contributed by atoms with E-state index in [1.807, 2.05) is 19.1 Å². The minimum Gasteiger partial charge on any atom is -0.497 e. The molecule has 0 saturated heterocycles. The summed E-state index contributed by atoms with van der Waals surface area (Å²) < 4.78 is 5.96. The van der Waals surface area contributed by atoms with E-state index in [2.05, 4.69) is 15.9 Å². The standard InChI is InChI=1S/C15H14BrNO2/c1-9-7-11(19-2)4-5-12(9)15(18)13-8-10(16)3-6-14(13)17/h3-8H,17H2,1-2H3. The molecule has 3 nitrogen and oxygen atoms in total. The number of carbonyl (C=O) groups excluding carboxylic acids is 1. The maximum Gasteiger partial charge on any atom is 0.195 e. The molecule has 0 atom stereocenters. The smallest absolute Gasteiger partial charge is 0.195 e. The van der Waals surface area contributed by atoms with E-state index in [4.69, 9.17) is 10.5 Å². The number of rotatable bonds is 3. The van der Waals surface area contributed by atoms with E-state index in [0.717, 1.165) is 15.8 Å². The second-order valence-corrected chi connectivity index (χ2v) is 5.16. The third kappa shape index (κ3) is 2.79. The zero-order chi connectivity index (χ0) is 14.0. The molecule has 0 saturated carbocycles. The van der Waals surface area contributed by atoms with Crippen LogP contribution in [0.1, 0.15) is 21.5 Å². The van der Waals surface area contributed by atoms with Crippen LogP contribution in [-0.4, -0.2) is 12.9 Å². The third-order valence-electron chi connectivity index (χ3n) is 2.94. The Morgan fingerprint density at radius 3 is 2.53 bits per heavy atom. The summed E-state index contributed by atoms with van der Waals surface area (Å²) in [7, 11) is 1.60. The van der Waals surface area contributed by atoms with Crippen LogP contribution in [0.25, 0.3) is 0 Å². The summed E-state index contributed by atoms with van der Waals surface area (Å²) in [6.45, 7) is 1.88. The van der Waals surface area contributed by atoms with Gasteiger partial charge in [0.05, 0.1) is 7.11 Å². The predicted molar refractivity (Wildman–Crippen MR) is 79.7 cm³/mol. The first-order valence-electron chi connectivity index (χ1n) is 5.77. The van der Waals surface area contributed by atoms with Gasteiger partial charge in [-0.2, -0.15) is 0 Å². The molecule has 0 radical (unpaired) electrons. The maximum atomic E-state index is 12.5. The average Bonchev–Trinajstić information content (AvgIpc) is 2.40. The van der Waals surface area contributed by atoms with Gasteiger partial charge in [0.15, 0.2) is 5.78 Å². The van der Waals surface area contributed by atoms with Crippen molar-refractivity contribution in [1.29, 1.82) is 0 Å². The number of hydrogen-bond acceptors (Lipinski definition) is 3. The van der Waals surface area contributed by atoms with E-state index in [1.165, 1.54) is 0 Å². The van der Waals surface area contributed by atoms with Crippen molar-refractivity contribution in [2.24, 2.45) is 0 Å². The van der Waals surface area contributed by atoms with Crippen molar-refractivity contribution in [2.75, 3.05) is 12.8 Å². The van der Waals surface area contributed by atoms with Crippen LogP contribution in [0.2, 0.25) is 0 Å². The van der Waals surface area contributed by atoms with E-state index in [1.54, 1.807) is 31.4 Å². The van der Waals surface area contributed by atoms with Gasteiger partial charge in [-0.05, 0) is 48.9 Å². The molecule has 19 heavy (non-hydrogen) atoms. The number of benzene rings is 2. The van der Waals surface area contributed by atoms with Gasteiger partial charge in [-0.15, -0.1) is 0 Å². The number of aryl methyl sites for hydroxylation is 1. The van der Waals surface area contributed by atoms with E-state index < -0.39 is 0 Å². The van der Waals surface area contributed by atoms with Crippen molar-refractivity contribution in [1.82, 2.24) is 0 Å². The fourth-order valence-corrected chi connectivity index (χ4v) is 2.25. The number of hydrogen-bond donors (Lipinski definition) is 1. The Hall–Kier alpha value is -1.81. The third-order valence-corrected chi connectivity index (χ3v) is 3.43. The Kier molecular flexibility index (Phi) is 3.90. The SMILES string of the molecule is COc1ccc(C(=O)c2cc(Br)ccc2N)c(C)c1. The molecule has 0 aliphatic carbocycles. The highest BCUT2D eigenvalue weighted by atomic mass is 79.9. The summed E-state index contributed by atoms with van der Waals surface area (Å²) in [6.07, 6.45) is 0. The molecule has 0 amide bonds. The molecule has 98 valence electrons. The van der Waals surface area contributed by atoms with Crippen LogP contribution in [0.5, 0.6) is 5.75 Å². The quantitative estimate of drug-likeness (QED) is 0.695. The van der Waals surface area contributed by atoms with E-state index in [9.17, 15) is 4.79 Å². The Labute approximate surface area is 120 Å². The fraction of sp³-hybridized carbons (Fsp3) is 0.133. The topological polar surface area (TPSA) is 52.3 Å². The lowest BCUT2D eigenvalue weighted by atomic mass is 9.98. The van der Waals surface area contributed by atoms with Crippen molar-refractivity contribution in [2.45, 2.75) is 6.92 Å². The van der Waals surface area contributed by atoms with Gasteiger partial charge in [-0.25, -0.2) is 0 Å². The Morgan fingerprint density at radius 1 is 1.16 bits per heavy atom. The number of anilines is 1. The molecule has 0 fully saturated rings. The first-order valence-corrected chi connectivity index (χ1v) is 6.56. The van der Waals surface area contributed by atoms with Gasteiger partial charge in [0.1, 0.15) is 5.75 Å². The Morgan fingerprint density at radius 2 is 1.89 bits per heavy atom. The van der Waals surface area contributed by atoms with Gasteiger partial charge < -0.3 is 10.5 Å². The van der Waals surface area contributed by atoms with Crippen LogP contribution < -0.4 is 10.5 Å². The number of nitrogens with two attached hydrogens (primary N) is 1. The normalized spacial score (nSPS) is 10.3. The lowest BCUT2D eigenvalue weighted by Gasteiger charge is -2.09. The van der Waals surface area contributed by atoms with Gasteiger partial charge >= 0.3 is 0 Å². The largest absolute Gasteiger partial charge is 0.497 e. The van der Waals surface area contributed by atoms with E-state index >= 15 is 0 Å². The highest BCUT2D eigenvalue weighted by Gasteiger charge is 2.15. The van der Waals surface area contributed by atoms with Gasteiger partial charge in [0.25, 0.3) is 0 Å². The Balaban J connectivity index is 2.47. The molecule has 0 aliphatic heterocycles. The molecular weight excluding hydrogens is 306 g/mol. The van der Waals surface area contributed by atoms with Gasteiger partial charge in [0.2, 0.25) is 0 Å². The fourth-order valence-electron chi connectivity index (χ4n) is 1.89. The molecule has 0 spiro atoms. The zero-order valence-electron chi connectivity index (χ0n) is 10.7. The van der Waals surface area contributed by atoms with Crippen LogP contribution >= 0.6 is 15.9 Å². The monoisotopic (exact) mass is 319 g/mol. The predicted octanol–water partition coefficient (Wildman–Crippen LogP) is 3.58. The second-order valence-electron chi connectivity index (χ2n) is 4.24. The van der Waals surface area contributed by atoms with Crippen LogP contribution in [0, 0.1) is 6.92 Å². The van der Waals surface area contributed by atoms with Gasteiger partial charge in [0, 0.05) is 21.3 Å². The molecule has 0 unspecified atom stereocenters. The molecule has 0 aliphatic rings. The zero-order valence-corrected chi connectivity index (χ0v) is 12.3. The van der Waals surface area contributed by atoms with Crippen LogP contribution in [0.3, 0.4) is 0 Å². The molecule has 2 N–H and O–H groups in total. The second kappa shape index (κ2) is 5.45. The Bertz CT molecular complexity index is 638. The van der Waals surface area contributed by atoms with Crippen molar-refractivity contribution < 1.29 is 9.53 Å². The summed E-state index contributed by atoms with van der Waals surface area (Å²) in [5.41, 5.74) is 8.34. The number of carbonyl (C=O) groups is 1. The van der Waals surface area contributed by atoms with Crippen molar-refractivity contribution in [3.8, 4) is 5.75 Å². The highest BCUT2D eigenvalue weighted by molar-refractivity contribution is 9.10. The molecule has 0 bridgehead atoms. The molecule has 0 heterocycles. The molecule has 2 aromatic rings. The summed E-state index contributed by atoms with van der Waals surface area (Å²) in [4.78, 5) is 12.5. The lowest BCUT2D eigenvalue weighted by molar-refractivity contribution is 0.103. The van der Waals surface area contributed by atoms with Gasteiger partial charge in [-0.1, -0.05) is 15.9 Å². The number of ether oxygens (including phenoxy) is 1. The molecular formula is C15H14BrNO2. The summed E-state index contributed by atoms with van der Waals surface area (Å²) in [5.74, 6) is 0.648. The number of methoxy groups -OCH3 is 1. The first kappa shape index (κ1) is 13.6. The van der Waals surface area contributed by atoms with Crippen LogP contribution in [0.15, 0.2) is 40.9 Å². The van der Waals surface area contributed by atoms with Crippen LogP contribution in [-0.2, 0) is 0 Å². The van der Waals surface area contributed by atoms with E-state index in [0.29, 0.717) is 16.8 Å². The summed E-state index contributed by atoms with van der Waals surface area (Å²) in [5, 5.41) is 0. The summed E-state index contributed by atoms with van der Waals surface area (Å²) in [6, 6.07) is 10.6. The number of ketones is 1. The molecule has 2 aromatic carbocycles. The van der Waals surface area contributed by atoms with E-state index in [-0.39, 0.29) is 5.78 Å². The molecule has 2 rings (SSSR count). The van der Waals surface area contributed by atoms with Gasteiger partial charge in [-0.3, -0.25) is 4.79 Å². The minimum atomic E-state index is -0.0843. The molecule has 0 aromatic heterocycles. The first-order chi connectivity index (χ1) is 9.02. The maximum absolute atomic E-state index is 12.5. The molecule has 4 heteroatoms. The number of nitrogen functional groups attached to an aromatic ring is 1. The van der Waals surface area contributed by atoms with Crippen molar-refractivity contribution >= 4 is 27.4 Å². The van der Waals surface area contributed by atoms with Crippen molar-refractivity contribution in [3.63, 3.8) is 0 Å². The average molecular weight is 320 g/mol. The van der Waals surface area contributed by atoms with Crippen LogP contribution in [0.4, 0.5) is 5.69 Å². The van der Waals surface area contributed by atoms with Crippen molar-refractivity contribution in [3.05, 3.63) is 57.6 Å². The highest BCUT2D eigenvalue weighted by Crippen LogP contribution is 2.24. The minimum absolute atomic E-state index is 0.0843. The summed E-state index contributed by atoms with van der Waals surface area (Å²) >= 11 is 3.35.